The summed E-state index contributed by atoms with van der Waals surface area (Å²) in [7, 11) is -14.1. The molecule has 0 aliphatic carbocycles. The first-order chi connectivity index (χ1) is 13.1. The van der Waals surface area contributed by atoms with Gasteiger partial charge in [-0.3, -0.25) is 7.05 Å². The Morgan fingerprint density at radius 3 is 1.31 bits per heavy atom. The van der Waals surface area contributed by atoms with Gasteiger partial charge in [-0.25, -0.2) is 4.79 Å². The van der Waals surface area contributed by atoms with Crippen molar-refractivity contribution in [3.05, 3.63) is 7.05 Å². The van der Waals surface area contributed by atoms with Gasteiger partial charge in [0.15, 0.2) is 0 Å². The molecule has 1 amide bonds. The summed E-state index contributed by atoms with van der Waals surface area (Å²) in [5.74, 6) is 0. The molecule has 1 heterocycles. The summed E-state index contributed by atoms with van der Waals surface area (Å²) in [5, 5.41) is 0. The van der Waals surface area contributed by atoms with Gasteiger partial charge >= 0.3 is 79.2 Å². The molecule has 190 valence electrons. The van der Waals surface area contributed by atoms with Crippen LogP contribution in [0.2, 0.25) is 0 Å². The fourth-order valence-electron chi connectivity index (χ4n) is 1.91. The van der Waals surface area contributed by atoms with E-state index in [4.69, 9.17) is 4.74 Å². The van der Waals surface area contributed by atoms with Gasteiger partial charge in [-0.15, -0.1) is 0 Å². The van der Waals surface area contributed by atoms with Crippen LogP contribution in [0.4, 0.5) is 56.6 Å². The molecule has 32 heavy (non-hydrogen) atoms. The number of rotatable bonds is 0. The van der Waals surface area contributed by atoms with Crippen molar-refractivity contribution < 1.29 is 113 Å². The third-order valence-electron chi connectivity index (χ3n) is 2.59. The Balaban J connectivity index is -0.000000202. The Morgan fingerprint density at radius 1 is 0.812 bits per heavy atom. The Kier molecular flexibility index (Phi) is 18.8. The first kappa shape index (κ1) is 39.4. The normalized spacial score (nSPS) is 16.6. The summed E-state index contributed by atoms with van der Waals surface area (Å²) < 4.78 is 122. The van der Waals surface area contributed by atoms with E-state index < -0.39 is 27.4 Å². The van der Waals surface area contributed by atoms with E-state index in [1.165, 1.54) is 0 Å². The average molecular weight is 527 g/mol. The fourth-order valence-corrected chi connectivity index (χ4v) is 1.91. The molecule has 1 aliphatic heterocycles. The van der Waals surface area contributed by atoms with Gasteiger partial charge < -0.3 is 66.3 Å². The first-order valence-corrected chi connectivity index (χ1v) is 8.30. The summed E-state index contributed by atoms with van der Waals surface area (Å²) in [4.78, 5) is 15.8. The van der Waals surface area contributed by atoms with Gasteiger partial charge in [-0.05, 0) is 47.7 Å². The van der Waals surface area contributed by atoms with E-state index in [1.54, 1.807) is 4.90 Å². The Hall–Kier alpha value is 0.221. The van der Waals surface area contributed by atoms with Gasteiger partial charge in [0.1, 0.15) is 5.60 Å². The number of piperazine rings is 1. The fraction of sp³-hybridized carbons (Fsp3) is 0.833. The number of hydrogen-bond donors (Lipinski definition) is 0. The van der Waals surface area contributed by atoms with E-state index in [0.717, 1.165) is 13.1 Å². The van der Waals surface area contributed by atoms with E-state index >= 15 is 0 Å². The molecular formula is C12H23B3F12KN2O2-3. The molecule has 1 rings (SSSR count). The second kappa shape index (κ2) is 15.3. The molecule has 0 aromatic rings. The molecule has 4 nitrogen and oxygen atoms in total. The van der Waals surface area contributed by atoms with Crippen molar-refractivity contribution in [3.63, 3.8) is 0 Å². The van der Waals surface area contributed by atoms with Gasteiger partial charge in [0.2, 0.25) is 0 Å². The second-order valence-electron chi connectivity index (χ2n) is 7.48. The number of nitrogens with zero attached hydrogens (tertiary/aromatic N) is 2. The van der Waals surface area contributed by atoms with Crippen molar-refractivity contribution >= 4 is 27.9 Å². The zero-order valence-electron chi connectivity index (χ0n) is 18.3. The van der Waals surface area contributed by atoms with Gasteiger partial charge in [0.25, 0.3) is 0 Å². The van der Waals surface area contributed by atoms with E-state index in [2.05, 4.69) is 7.05 Å². The van der Waals surface area contributed by atoms with Crippen molar-refractivity contribution in [2.45, 2.75) is 45.8 Å². The quantitative estimate of drug-likeness (QED) is 0.276. The topological polar surface area (TPSA) is 32.8 Å². The maximum Gasteiger partial charge on any atom is 1.00 e. The first-order valence-electron chi connectivity index (χ1n) is 8.30. The average Bonchev–Trinajstić information content (AvgIpc) is 2.27. The number of hydrogen-bond acceptors (Lipinski definition) is 3. The number of carbonyl (C=O) groups excluding carboxylic acids is 1. The number of amides is 1. The SMILES string of the molecule is F[B-](F)(F)F.F[B-](F)(F)F.F[B-](F)(F)F.[CH2-]N1CCN(C(=O)OC(C)(C)C)C(C)(C)C1.[K+]. The molecule has 1 fully saturated rings. The van der Waals surface area contributed by atoms with Crippen LogP contribution in [0.1, 0.15) is 34.6 Å². The predicted octanol–water partition coefficient (Wildman–Crippen LogP) is 3.01. The van der Waals surface area contributed by atoms with Gasteiger partial charge in [0.05, 0.1) is 5.54 Å². The molecular weight excluding hydrogens is 504 g/mol. The van der Waals surface area contributed by atoms with Crippen molar-refractivity contribution in [2.24, 2.45) is 0 Å². The molecule has 20 heteroatoms. The summed E-state index contributed by atoms with van der Waals surface area (Å²) in [6.07, 6.45) is -0.231. The maximum atomic E-state index is 12.0. The van der Waals surface area contributed by atoms with Gasteiger partial charge in [-0.2, -0.15) is 0 Å². The minimum absolute atomic E-state index is 0. The standard InChI is InChI=1S/C12H23N2O2.3BF4.K/c1-11(2,3)16-10(15)14-8-7-13(6)9-12(14,4)5;3*2-1(3,4)5;/h6-9H2,1-5H3;;;;/q4*-1;+1. The molecule has 0 saturated carbocycles. The van der Waals surface area contributed by atoms with Crippen molar-refractivity contribution in [2.75, 3.05) is 19.6 Å². The number of ether oxygens (including phenoxy) is 1. The van der Waals surface area contributed by atoms with E-state index in [0.29, 0.717) is 6.54 Å². The van der Waals surface area contributed by atoms with Crippen molar-refractivity contribution in [1.82, 2.24) is 9.80 Å². The molecule has 0 aromatic heterocycles. The Labute approximate surface area is 221 Å². The van der Waals surface area contributed by atoms with Crippen LogP contribution in [0.15, 0.2) is 0 Å². The van der Waals surface area contributed by atoms with Gasteiger partial charge in [0, 0.05) is 6.54 Å². The Bertz CT molecular complexity index is 481. The van der Waals surface area contributed by atoms with E-state index in [9.17, 15) is 56.6 Å². The Morgan fingerprint density at radius 2 is 1.09 bits per heavy atom. The molecule has 0 spiro atoms. The molecule has 0 N–H and O–H groups in total. The van der Waals surface area contributed by atoms with Crippen molar-refractivity contribution in [3.8, 4) is 0 Å². The van der Waals surface area contributed by atoms with Crippen LogP contribution >= 0.6 is 0 Å². The largest absolute Gasteiger partial charge is 1.00 e. The number of carbonyl (C=O) groups is 1. The summed E-state index contributed by atoms with van der Waals surface area (Å²) in [5.41, 5.74) is -0.656. The maximum absolute atomic E-state index is 12.0. The van der Waals surface area contributed by atoms with Crippen molar-refractivity contribution in [1.29, 1.82) is 0 Å². The molecule has 0 aromatic carbocycles. The van der Waals surface area contributed by atoms with E-state index in [1.807, 2.05) is 39.5 Å². The van der Waals surface area contributed by atoms with Crippen LogP contribution in [-0.2, 0) is 4.74 Å². The predicted molar refractivity (Wildman–Crippen MR) is 94.5 cm³/mol. The van der Waals surface area contributed by atoms with Gasteiger partial charge in [-0.1, -0.05) is 0 Å². The zero-order valence-corrected chi connectivity index (χ0v) is 21.4. The van der Waals surface area contributed by atoms with Crippen LogP contribution in [0, 0.1) is 7.05 Å². The molecule has 1 aliphatic rings. The van der Waals surface area contributed by atoms with Crippen LogP contribution in [-0.4, -0.2) is 68.4 Å². The third kappa shape index (κ3) is 40.6. The monoisotopic (exact) mass is 527 g/mol. The van der Waals surface area contributed by atoms with Crippen LogP contribution in [0.5, 0.6) is 0 Å². The molecule has 0 bridgehead atoms. The molecule has 1 saturated heterocycles. The summed E-state index contributed by atoms with van der Waals surface area (Å²) in [6.45, 7) is 12.0. The minimum atomic E-state index is -6.00. The third-order valence-corrected chi connectivity index (χ3v) is 2.59. The molecule has 0 atom stereocenters. The summed E-state index contributed by atoms with van der Waals surface area (Å²) >= 11 is 0. The number of halogens is 12. The van der Waals surface area contributed by atoms with Crippen LogP contribution < -0.4 is 51.4 Å². The van der Waals surface area contributed by atoms with Crippen LogP contribution in [0.3, 0.4) is 0 Å². The van der Waals surface area contributed by atoms with E-state index in [-0.39, 0.29) is 63.0 Å². The van der Waals surface area contributed by atoms with Crippen LogP contribution in [0.25, 0.3) is 0 Å². The minimum Gasteiger partial charge on any atom is -0.456 e. The molecule has 0 unspecified atom stereocenters. The summed E-state index contributed by atoms with van der Waals surface area (Å²) in [6, 6.07) is 0. The second-order valence-corrected chi connectivity index (χ2v) is 7.48. The molecule has 0 radical (unpaired) electrons. The zero-order chi connectivity index (χ0) is 26.1. The smallest absolute Gasteiger partial charge is 0.456 e.